The van der Waals surface area contributed by atoms with Crippen molar-refractivity contribution in [3.63, 3.8) is 0 Å². The number of piperidine rings is 1. The van der Waals surface area contributed by atoms with Crippen molar-refractivity contribution < 1.29 is 17.9 Å². The summed E-state index contributed by atoms with van der Waals surface area (Å²) in [4.78, 5) is 13.7. The Kier molecular flexibility index (Phi) is 5.59. The quantitative estimate of drug-likeness (QED) is 0.787. The predicted molar refractivity (Wildman–Crippen MR) is 78.9 cm³/mol. The van der Waals surface area contributed by atoms with Crippen LogP contribution in [0.3, 0.4) is 0 Å². The molecule has 122 valence electrons. The summed E-state index contributed by atoms with van der Waals surface area (Å²) in [7, 11) is -3.63. The molecule has 2 rings (SSSR count). The van der Waals surface area contributed by atoms with Gasteiger partial charge < -0.3 is 9.64 Å². The van der Waals surface area contributed by atoms with Crippen molar-refractivity contribution in [3.8, 4) is 0 Å². The first-order valence-corrected chi connectivity index (χ1v) is 9.00. The lowest BCUT2D eigenvalue weighted by Gasteiger charge is -2.34. The van der Waals surface area contributed by atoms with Crippen molar-refractivity contribution in [2.45, 2.75) is 45.3 Å². The number of hydrogen-bond acceptors (Lipinski definition) is 4. The number of carbonyl (C=O) groups is 1. The van der Waals surface area contributed by atoms with Gasteiger partial charge in [0.2, 0.25) is 5.91 Å². The van der Waals surface area contributed by atoms with E-state index in [1.165, 1.54) is 4.31 Å². The molecule has 1 N–H and O–H groups in total. The summed E-state index contributed by atoms with van der Waals surface area (Å²) in [6, 6.07) is 0. The topological polar surface area (TPSA) is 79.0 Å². The van der Waals surface area contributed by atoms with E-state index in [2.05, 4.69) is 4.72 Å². The maximum Gasteiger partial charge on any atom is 0.280 e. The van der Waals surface area contributed by atoms with Crippen LogP contribution in [-0.4, -0.2) is 68.5 Å². The number of nitrogens with zero attached hydrogens (tertiary/aromatic N) is 2. The zero-order valence-electron chi connectivity index (χ0n) is 12.7. The van der Waals surface area contributed by atoms with Gasteiger partial charge >= 0.3 is 0 Å². The second-order valence-corrected chi connectivity index (χ2v) is 7.60. The molecular weight excluding hydrogens is 294 g/mol. The van der Waals surface area contributed by atoms with Gasteiger partial charge in [-0.2, -0.15) is 17.4 Å². The molecule has 0 spiro atoms. The van der Waals surface area contributed by atoms with Gasteiger partial charge in [0.05, 0.1) is 18.8 Å². The van der Waals surface area contributed by atoms with Crippen LogP contribution in [0.4, 0.5) is 0 Å². The number of likely N-dealkylation sites (tertiary alicyclic amines) is 1. The molecule has 2 saturated heterocycles. The molecule has 0 unspecified atom stereocenters. The monoisotopic (exact) mass is 319 g/mol. The Morgan fingerprint density at radius 3 is 2.29 bits per heavy atom. The fourth-order valence-corrected chi connectivity index (χ4v) is 4.13. The van der Waals surface area contributed by atoms with Gasteiger partial charge in [-0.25, -0.2) is 0 Å². The van der Waals surface area contributed by atoms with Gasteiger partial charge in [0.15, 0.2) is 0 Å². The molecule has 0 aromatic carbocycles. The Labute approximate surface area is 126 Å². The van der Waals surface area contributed by atoms with Crippen LogP contribution in [-0.2, 0) is 19.7 Å². The van der Waals surface area contributed by atoms with E-state index in [1.54, 1.807) is 4.90 Å². The van der Waals surface area contributed by atoms with E-state index < -0.39 is 10.2 Å². The number of hydrogen-bond donors (Lipinski definition) is 1. The van der Waals surface area contributed by atoms with E-state index in [-0.39, 0.29) is 24.7 Å². The molecule has 2 atom stereocenters. The van der Waals surface area contributed by atoms with Gasteiger partial charge in [-0.15, -0.1) is 0 Å². The van der Waals surface area contributed by atoms with Crippen LogP contribution in [0.1, 0.15) is 33.1 Å². The molecule has 8 heteroatoms. The second kappa shape index (κ2) is 7.04. The maximum atomic E-state index is 12.3. The lowest BCUT2D eigenvalue weighted by molar-refractivity contribution is -0.130. The van der Waals surface area contributed by atoms with Crippen LogP contribution in [0.5, 0.6) is 0 Å². The highest BCUT2D eigenvalue weighted by molar-refractivity contribution is 7.87. The average Bonchev–Trinajstić information content (AvgIpc) is 2.45. The first kappa shape index (κ1) is 16.7. The Morgan fingerprint density at radius 2 is 1.71 bits per heavy atom. The largest absolute Gasteiger partial charge is 0.373 e. The van der Waals surface area contributed by atoms with Crippen molar-refractivity contribution in [3.05, 3.63) is 0 Å². The number of amides is 1. The maximum absolute atomic E-state index is 12.3. The fourth-order valence-electron chi connectivity index (χ4n) is 2.83. The third kappa shape index (κ3) is 4.64. The van der Waals surface area contributed by atoms with Gasteiger partial charge in [-0.1, -0.05) is 0 Å². The minimum absolute atomic E-state index is 0.136. The summed E-state index contributed by atoms with van der Waals surface area (Å²) in [6.45, 7) is 5.62. The molecule has 2 heterocycles. The lowest BCUT2D eigenvalue weighted by Crippen LogP contribution is -2.53. The highest BCUT2D eigenvalue weighted by atomic mass is 32.2. The Hall–Kier alpha value is -0.700. The summed E-state index contributed by atoms with van der Waals surface area (Å²) in [5.41, 5.74) is 0. The third-order valence-electron chi connectivity index (χ3n) is 3.84. The van der Waals surface area contributed by atoms with E-state index in [0.717, 1.165) is 32.4 Å². The molecule has 0 radical (unpaired) electrons. The smallest absolute Gasteiger partial charge is 0.280 e. The summed E-state index contributed by atoms with van der Waals surface area (Å²) in [5.74, 6) is -0.146. The van der Waals surface area contributed by atoms with Crippen LogP contribution in [0.25, 0.3) is 0 Å². The van der Waals surface area contributed by atoms with Crippen molar-refractivity contribution in [1.29, 1.82) is 0 Å². The van der Waals surface area contributed by atoms with Gasteiger partial charge in [0, 0.05) is 26.2 Å². The molecule has 0 aromatic rings. The number of nitrogens with one attached hydrogen (secondary N) is 1. The Balaban J connectivity index is 1.87. The van der Waals surface area contributed by atoms with E-state index in [1.807, 2.05) is 13.8 Å². The molecule has 2 aliphatic heterocycles. The van der Waals surface area contributed by atoms with E-state index >= 15 is 0 Å². The number of morpholine rings is 1. The molecular formula is C13H25N3O4S. The van der Waals surface area contributed by atoms with E-state index in [4.69, 9.17) is 4.74 Å². The SMILES string of the molecule is C[C@@H]1CN(S(=O)(=O)NCC(=O)N2CCCCC2)C[C@@H](C)O1. The highest BCUT2D eigenvalue weighted by Crippen LogP contribution is 2.13. The fraction of sp³-hybridized carbons (Fsp3) is 0.923. The van der Waals surface area contributed by atoms with Gasteiger partial charge in [-0.3, -0.25) is 4.79 Å². The normalized spacial score (nSPS) is 28.6. The zero-order chi connectivity index (χ0) is 15.5. The number of carbonyl (C=O) groups excluding carboxylic acids is 1. The van der Waals surface area contributed by atoms with Crippen molar-refractivity contribution in [2.75, 3.05) is 32.7 Å². The van der Waals surface area contributed by atoms with Crippen LogP contribution in [0, 0.1) is 0 Å². The van der Waals surface area contributed by atoms with Crippen LogP contribution >= 0.6 is 0 Å². The van der Waals surface area contributed by atoms with Gasteiger partial charge in [-0.05, 0) is 33.1 Å². The Bertz CT molecular complexity index is 452. The number of rotatable bonds is 4. The third-order valence-corrected chi connectivity index (χ3v) is 5.33. The minimum Gasteiger partial charge on any atom is -0.373 e. The highest BCUT2D eigenvalue weighted by Gasteiger charge is 2.31. The lowest BCUT2D eigenvalue weighted by atomic mass is 10.1. The van der Waals surface area contributed by atoms with Crippen LogP contribution in [0.2, 0.25) is 0 Å². The first-order valence-electron chi connectivity index (χ1n) is 7.56. The number of ether oxygens (including phenoxy) is 1. The van der Waals surface area contributed by atoms with Crippen LogP contribution in [0.15, 0.2) is 0 Å². The average molecular weight is 319 g/mol. The second-order valence-electron chi connectivity index (χ2n) is 5.84. The molecule has 7 nitrogen and oxygen atoms in total. The van der Waals surface area contributed by atoms with Crippen molar-refractivity contribution in [1.82, 2.24) is 13.9 Å². The van der Waals surface area contributed by atoms with Crippen LogP contribution < -0.4 is 4.72 Å². The molecule has 0 saturated carbocycles. The van der Waals surface area contributed by atoms with Crippen molar-refractivity contribution >= 4 is 16.1 Å². The predicted octanol–water partition coefficient (Wildman–Crippen LogP) is -0.0575. The van der Waals surface area contributed by atoms with Crippen molar-refractivity contribution in [2.24, 2.45) is 0 Å². The summed E-state index contributed by atoms with van der Waals surface area (Å²) < 4.78 is 33.8. The van der Waals surface area contributed by atoms with E-state index in [9.17, 15) is 13.2 Å². The standard InChI is InChI=1S/C13H25N3O4S/c1-11-9-16(10-12(2)20-11)21(18,19)14-8-13(17)15-6-4-3-5-7-15/h11-12,14H,3-10H2,1-2H3/t11-,12-/m1/s1. The van der Waals surface area contributed by atoms with E-state index in [0.29, 0.717) is 13.1 Å². The molecule has 2 aliphatic rings. The summed E-state index contributed by atoms with van der Waals surface area (Å²) >= 11 is 0. The molecule has 2 fully saturated rings. The van der Waals surface area contributed by atoms with Gasteiger partial charge in [0.1, 0.15) is 0 Å². The van der Waals surface area contributed by atoms with Gasteiger partial charge in [0.25, 0.3) is 10.2 Å². The molecule has 0 aliphatic carbocycles. The minimum atomic E-state index is -3.63. The summed E-state index contributed by atoms with van der Waals surface area (Å²) in [5, 5.41) is 0. The summed E-state index contributed by atoms with van der Waals surface area (Å²) in [6.07, 6.45) is 2.86. The molecule has 21 heavy (non-hydrogen) atoms. The molecule has 0 aromatic heterocycles. The zero-order valence-corrected chi connectivity index (χ0v) is 13.6. The Morgan fingerprint density at radius 1 is 1.14 bits per heavy atom. The molecule has 0 bridgehead atoms. The molecule has 1 amide bonds. The first-order chi connectivity index (χ1) is 9.88.